The summed E-state index contributed by atoms with van der Waals surface area (Å²) in [7, 11) is 0. The molecule has 19 heavy (non-hydrogen) atoms. The van der Waals surface area contributed by atoms with Crippen LogP contribution in [0.2, 0.25) is 0 Å². The van der Waals surface area contributed by atoms with Gasteiger partial charge < -0.3 is 0 Å². The third kappa shape index (κ3) is 2.40. The average molecular weight is 263 g/mol. The predicted molar refractivity (Wildman–Crippen MR) is 71.0 cm³/mol. The molecule has 1 aliphatic carbocycles. The average Bonchev–Trinajstić information content (AvgIpc) is 2.75. The molecule has 0 fully saturated rings. The van der Waals surface area contributed by atoms with E-state index in [2.05, 4.69) is 0 Å². The fourth-order valence-corrected chi connectivity index (χ4v) is 2.62. The van der Waals surface area contributed by atoms with Crippen LogP contribution in [0.15, 0.2) is 24.3 Å². The number of allylic oxidation sites excluding steroid dienone is 2. The minimum atomic E-state index is -0.429. The maximum Gasteiger partial charge on any atom is 0.247 e. The Morgan fingerprint density at radius 2 is 2.05 bits per heavy atom. The molecule has 0 heterocycles. The van der Waals surface area contributed by atoms with Crippen molar-refractivity contribution in [1.29, 1.82) is 0 Å². The number of benzene rings is 1. The first-order valence-corrected chi connectivity index (χ1v) is 6.41. The molecular weight excluding hydrogens is 245 g/mol. The maximum absolute atomic E-state index is 13.4. The number of hydrogen-bond acceptors (Lipinski definition) is 2. The van der Waals surface area contributed by atoms with Crippen LogP contribution in [0.25, 0.3) is 5.57 Å². The van der Waals surface area contributed by atoms with Crippen molar-refractivity contribution < 1.29 is 14.4 Å². The molecular formula is C15H18FNO2. The Morgan fingerprint density at radius 1 is 1.37 bits per heavy atom. The summed E-state index contributed by atoms with van der Waals surface area (Å²) in [6, 6.07) is 4.65. The number of hydrogen-bond donors (Lipinski definition) is 2. The summed E-state index contributed by atoms with van der Waals surface area (Å²) < 4.78 is 13.4. The second-order valence-corrected chi connectivity index (χ2v) is 5.30. The smallest absolute Gasteiger partial charge is 0.247 e. The Labute approximate surface area is 112 Å². The van der Waals surface area contributed by atoms with E-state index in [-0.39, 0.29) is 17.7 Å². The number of amides is 1. The Balaban J connectivity index is 2.47. The molecule has 0 radical (unpaired) electrons. The number of fused-ring (bicyclic) bond motifs is 1. The lowest BCUT2D eigenvalue weighted by atomic mass is 9.88. The fraction of sp³-hybridized carbons (Fsp3) is 0.400. The molecule has 0 aromatic heterocycles. The molecule has 1 aliphatic rings. The lowest BCUT2D eigenvalue weighted by Gasteiger charge is -2.17. The first kappa shape index (κ1) is 13.7. The van der Waals surface area contributed by atoms with E-state index in [9.17, 15) is 9.18 Å². The highest BCUT2D eigenvalue weighted by atomic mass is 19.1. The molecule has 0 spiro atoms. The van der Waals surface area contributed by atoms with Gasteiger partial charge in [-0.3, -0.25) is 10.0 Å². The van der Waals surface area contributed by atoms with E-state index in [0.717, 1.165) is 16.7 Å². The number of rotatable bonds is 3. The van der Waals surface area contributed by atoms with Gasteiger partial charge in [-0.2, -0.15) is 0 Å². The molecule has 2 N–H and O–H groups in total. The first-order valence-electron chi connectivity index (χ1n) is 6.41. The molecule has 0 bridgehead atoms. The summed E-state index contributed by atoms with van der Waals surface area (Å²) in [6.07, 6.45) is 2.01. The van der Waals surface area contributed by atoms with Gasteiger partial charge in [0.2, 0.25) is 5.91 Å². The molecule has 1 amide bonds. The minimum absolute atomic E-state index is 0.125. The Kier molecular flexibility index (Phi) is 3.71. The van der Waals surface area contributed by atoms with Crippen LogP contribution in [0.3, 0.4) is 0 Å². The largest absolute Gasteiger partial charge is 0.289 e. The third-order valence-electron chi connectivity index (χ3n) is 3.73. The van der Waals surface area contributed by atoms with Gasteiger partial charge in [0, 0.05) is 11.8 Å². The van der Waals surface area contributed by atoms with Gasteiger partial charge in [-0.1, -0.05) is 32.9 Å². The molecule has 3 nitrogen and oxygen atoms in total. The van der Waals surface area contributed by atoms with Crippen LogP contribution in [0.1, 0.15) is 37.8 Å². The van der Waals surface area contributed by atoms with E-state index in [4.69, 9.17) is 5.21 Å². The second kappa shape index (κ2) is 5.13. The highest BCUT2D eigenvalue weighted by Gasteiger charge is 2.32. The van der Waals surface area contributed by atoms with E-state index in [1.807, 2.05) is 19.9 Å². The molecule has 0 saturated carbocycles. The van der Waals surface area contributed by atoms with Gasteiger partial charge in [-0.05, 0) is 34.8 Å². The van der Waals surface area contributed by atoms with Crippen LogP contribution in [-0.2, 0) is 4.79 Å². The van der Waals surface area contributed by atoms with Crippen LogP contribution in [0.4, 0.5) is 4.39 Å². The highest BCUT2D eigenvalue weighted by molar-refractivity contribution is 5.83. The molecule has 102 valence electrons. The summed E-state index contributed by atoms with van der Waals surface area (Å²) in [5, 5.41) is 8.75. The van der Waals surface area contributed by atoms with Gasteiger partial charge in [0.25, 0.3) is 0 Å². The van der Waals surface area contributed by atoms with Crippen molar-refractivity contribution in [3.8, 4) is 0 Å². The molecule has 1 aromatic carbocycles. The Bertz CT molecular complexity index is 537. The van der Waals surface area contributed by atoms with E-state index < -0.39 is 11.8 Å². The summed E-state index contributed by atoms with van der Waals surface area (Å²) in [5.74, 6) is -0.965. The molecule has 2 atom stereocenters. The lowest BCUT2D eigenvalue weighted by molar-refractivity contribution is -0.133. The van der Waals surface area contributed by atoms with Crippen LogP contribution < -0.4 is 5.48 Å². The third-order valence-corrected chi connectivity index (χ3v) is 3.73. The quantitative estimate of drug-likeness (QED) is 0.650. The van der Waals surface area contributed by atoms with Gasteiger partial charge in [-0.25, -0.2) is 9.87 Å². The zero-order chi connectivity index (χ0) is 14.2. The monoisotopic (exact) mass is 263 g/mol. The Morgan fingerprint density at radius 3 is 2.63 bits per heavy atom. The summed E-state index contributed by atoms with van der Waals surface area (Å²) in [5.41, 5.74) is 4.56. The van der Waals surface area contributed by atoms with E-state index in [1.54, 1.807) is 18.5 Å². The zero-order valence-corrected chi connectivity index (χ0v) is 11.3. The highest BCUT2D eigenvalue weighted by Crippen LogP contribution is 2.43. The minimum Gasteiger partial charge on any atom is -0.289 e. The normalized spacial score (nSPS) is 19.1. The molecule has 4 heteroatoms. The summed E-state index contributed by atoms with van der Waals surface area (Å²) in [6.45, 7) is 5.84. The molecule has 1 aromatic rings. The van der Waals surface area contributed by atoms with Gasteiger partial charge in [0.1, 0.15) is 5.82 Å². The van der Waals surface area contributed by atoms with Crippen molar-refractivity contribution in [2.75, 3.05) is 0 Å². The van der Waals surface area contributed by atoms with Crippen LogP contribution >= 0.6 is 0 Å². The first-order chi connectivity index (χ1) is 8.95. The van der Waals surface area contributed by atoms with Gasteiger partial charge in [0.05, 0.1) is 0 Å². The van der Waals surface area contributed by atoms with Crippen LogP contribution in [-0.4, -0.2) is 11.1 Å². The molecule has 2 unspecified atom stereocenters. The van der Waals surface area contributed by atoms with Crippen LogP contribution in [0, 0.1) is 17.7 Å². The van der Waals surface area contributed by atoms with E-state index in [1.165, 1.54) is 12.1 Å². The number of nitrogens with one attached hydrogen (secondary N) is 1. The van der Waals surface area contributed by atoms with Crippen molar-refractivity contribution in [2.45, 2.75) is 26.7 Å². The van der Waals surface area contributed by atoms with Crippen molar-refractivity contribution in [3.05, 3.63) is 41.2 Å². The van der Waals surface area contributed by atoms with Gasteiger partial charge in [-0.15, -0.1) is 0 Å². The van der Waals surface area contributed by atoms with E-state index >= 15 is 0 Å². The Hall–Kier alpha value is -1.68. The topological polar surface area (TPSA) is 49.3 Å². The molecule has 2 rings (SSSR count). The summed E-state index contributed by atoms with van der Waals surface area (Å²) >= 11 is 0. The zero-order valence-electron chi connectivity index (χ0n) is 11.3. The predicted octanol–water partition coefficient (Wildman–Crippen LogP) is 3.10. The number of hydroxylamine groups is 1. The van der Waals surface area contributed by atoms with Crippen molar-refractivity contribution in [2.24, 2.45) is 11.8 Å². The van der Waals surface area contributed by atoms with Crippen molar-refractivity contribution in [3.63, 3.8) is 0 Å². The molecule has 0 saturated heterocycles. The van der Waals surface area contributed by atoms with Crippen molar-refractivity contribution >= 4 is 11.5 Å². The molecule has 0 aliphatic heterocycles. The van der Waals surface area contributed by atoms with E-state index in [0.29, 0.717) is 0 Å². The van der Waals surface area contributed by atoms with Gasteiger partial charge >= 0.3 is 0 Å². The number of carbonyl (C=O) groups excluding carboxylic acids is 1. The SMILES string of the molecule is CC(C)C1=CC(C(C)C(=O)NO)c2ccc(F)cc21. The maximum atomic E-state index is 13.4. The van der Waals surface area contributed by atoms with Gasteiger partial charge in [0.15, 0.2) is 0 Å². The number of halogens is 1. The van der Waals surface area contributed by atoms with Crippen LogP contribution in [0.5, 0.6) is 0 Å². The summed E-state index contributed by atoms with van der Waals surface area (Å²) in [4.78, 5) is 11.6. The fourth-order valence-electron chi connectivity index (χ4n) is 2.62. The number of carbonyl (C=O) groups is 1. The second-order valence-electron chi connectivity index (χ2n) is 5.30. The van der Waals surface area contributed by atoms with Crippen molar-refractivity contribution in [1.82, 2.24) is 5.48 Å². The lowest BCUT2D eigenvalue weighted by Crippen LogP contribution is -2.29. The standard InChI is InChI=1S/C15H18FNO2/c1-8(2)12-7-13(9(3)15(18)17-19)11-5-4-10(16)6-14(11)12/h4-9,13,19H,1-3H3,(H,17,18).